The molecule has 76 valence electrons. The van der Waals surface area contributed by atoms with E-state index in [-0.39, 0.29) is 0 Å². The van der Waals surface area contributed by atoms with Crippen molar-refractivity contribution in [1.29, 1.82) is 0 Å². The van der Waals surface area contributed by atoms with Gasteiger partial charge in [-0.25, -0.2) is 0 Å². The fourth-order valence-electron chi connectivity index (χ4n) is 3.09. The number of rotatable bonds is 1. The lowest BCUT2D eigenvalue weighted by atomic mass is 9.88. The monoisotopic (exact) mass is 188 g/mol. The van der Waals surface area contributed by atoms with Crippen LogP contribution in [0.15, 0.2) is 30.3 Å². The van der Waals surface area contributed by atoms with Gasteiger partial charge in [-0.2, -0.15) is 0 Å². The van der Waals surface area contributed by atoms with Crippen LogP contribution in [0.4, 0.5) is 0 Å². The van der Waals surface area contributed by atoms with Crippen molar-refractivity contribution in [3.8, 4) is 0 Å². The molecule has 0 heterocycles. The highest BCUT2D eigenvalue weighted by Gasteiger charge is 2.74. The minimum Gasteiger partial charge on any atom is -0.0622 e. The molecule has 1 saturated carbocycles. The number of benzene rings is 1. The van der Waals surface area contributed by atoms with Gasteiger partial charge in [0.2, 0.25) is 0 Å². The Bertz CT molecular complexity index is 330. The first-order chi connectivity index (χ1) is 6.36. The van der Waals surface area contributed by atoms with Crippen LogP contribution in [0.3, 0.4) is 0 Å². The first-order valence-corrected chi connectivity index (χ1v) is 5.41. The lowest BCUT2D eigenvalue weighted by Crippen LogP contribution is -2.10. The third kappa shape index (κ3) is 0.802. The van der Waals surface area contributed by atoms with Gasteiger partial charge < -0.3 is 0 Å². The second-order valence-electron chi connectivity index (χ2n) is 5.74. The Morgan fingerprint density at radius 3 is 1.50 bits per heavy atom. The van der Waals surface area contributed by atoms with Crippen LogP contribution in [0.1, 0.15) is 40.2 Å². The van der Waals surface area contributed by atoms with E-state index in [1.165, 1.54) is 5.56 Å². The Balaban J connectivity index is 2.48. The summed E-state index contributed by atoms with van der Waals surface area (Å²) >= 11 is 0. The highest BCUT2D eigenvalue weighted by Crippen LogP contribution is 2.77. The molecule has 0 unspecified atom stereocenters. The highest BCUT2D eigenvalue weighted by molar-refractivity contribution is 5.42. The van der Waals surface area contributed by atoms with E-state index in [0.29, 0.717) is 16.2 Å². The van der Waals surface area contributed by atoms with Gasteiger partial charge in [0.25, 0.3) is 0 Å². The molecule has 0 spiro atoms. The van der Waals surface area contributed by atoms with E-state index in [4.69, 9.17) is 0 Å². The van der Waals surface area contributed by atoms with Gasteiger partial charge in [-0.05, 0) is 16.4 Å². The molecular weight excluding hydrogens is 168 g/mol. The molecule has 0 radical (unpaired) electrons. The van der Waals surface area contributed by atoms with E-state index in [1.807, 2.05) is 0 Å². The average molecular weight is 188 g/mol. The molecule has 2 rings (SSSR count). The van der Waals surface area contributed by atoms with Gasteiger partial charge in [-0.1, -0.05) is 65.0 Å². The van der Waals surface area contributed by atoms with E-state index in [9.17, 15) is 0 Å². The molecular formula is C14H20. The molecule has 0 bridgehead atoms. The van der Waals surface area contributed by atoms with Crippen LogP contribution in [-0.2, 0) is 5.41 Å². The van der Waals surface area contributed by atoms with Crippen molar-refractivity contribution < 1.29 is 0 Å². The summed E-state index contributed by atoms with van der Waals surface area (Å²) in [5.74, 6) is 0. The van der Waals surface area contributed by atoms with Gasteiger partial charge in [0, 0.05) is 5.41 Å². The normalized spacial score (nSPS) is 25.8. The molecule has 0 heteroatoms. The summed E-state index contributed by atoms with van der Waals surface area (Å²) in [5.41, 5.74) is 2.62. The molecule has 1 aromatic carbocycles. The zero-order chi connectivity index (χ0) is 10.6. The predicted molar refractivity (Wildman–Crippen MR) is 61.4 cm³/mol. The minimum absolute atomic E-state index is 0.335. The van der Waals surface area contributed by atoms with Crippen LogP contribution >= 0.6 is 0 Å². The number of hydrogen-bond acceptors (Lipinski definition) is 0. The van der Waals surface area contributed by atoms with Crippen LogP contribution in [0.25, 0.3) is 0 Å². The molecule has 0 amide bonds. The van der Waals surface area contributed by atoms with Crippen LogP contribution in [0, 0.1) is 10.8 Å². The van der Waals surface area contributed by atoms with Crippen molar-refractivity contribution in [3.63, 3.8) is 0 Å². The minimum atomic E-state index is 0.335. The fraction of sp³-hybridized carbons (Fsp3) is 0.571. The SMILES string of the molecule is CC1(C)C(C)(C)C1(C)c1ccccc1. The van der Waals surface area contributed by atoms with Crippen molar-refractivity contribution in [2.45, 2.75) is 40.0 Å². The zero-order valence-corrected chi connectivity index (χ0v) is 9.89. The van der Waals surface area contributed by atoms with Gasteiger partial charge in [-0.15, -0.1) is 0 Å². The Labute approximate surface area is 87.3 Å². The first-order valence-electron chi connectivity index (χ1n) is 5.41. The maximum atomic E-state index is 2.39. The van der Waals surface area contributed by atoms with E-state index in [1.54, 1.807) is 0 Å². The molecule has 0 nitrogen and oxygen atoms in total. The topological polar surface area (TPSA) is 0 Å². The van der Waals surface area contributed by atoms with Crippen molar-refractivity contribution in [2.75, 3.05) is 0 Å². The van der Waals surface area contributed by atoms with Gasteiger partial charge in [-0.3, -0.25) is 0 Å². The molecule has 0 N–H and O–H groups in total. The Kier molecular flexibility index (Phi) is 1.69. The molecule has 0 saturated heterocycles. The van der Waals surface area contributed by atoms with Crippen molar-refractivity contribution >= 4 is 0 Å². The molecule has 14 heavy (non-hydrogen) atoms. The fourth-order valence-corrected chi connectivity index (χ4v) is 3.09. The summed E-state index contributed by atoms with van der Waals surface area (Å²) in [5, 5.41) is 0. The Morgan fingerprint density at radius 2 is 1.14 bits per heavy atom. The summed E-state index contributed by atoms with van der Waals surface area (Å²) in [6.07, 6.45) is 0. The number of hydrogen-bond donors (Lipinski definition) is 0. The zero-order valence-electron chi connectivity index (χ0n) is 9.89. The quantitative estimate of drug-likeness (QED) is 0.624. The molecule has 1 aliphatic carbocycles. The maximum absolute atomic E-state index is 2.39. The van der Waals surface area contributed by atoms with Gasteiger partial charge >= 0.3 is 0 Å². The molecule has 1 aliphatic rings. The van der Waals surface area contributed by atoms with Gasteiger partial charge in [0.15, 0.2) is 0 Å². The third-order valence-corrected chi connectivity index (χ3v) is 5.35. The maximum Gasteiger partial charge on any atom is 0.00377 e. The lowest BCUT2D eigenvalue weighted by Gasteiger charge is -2.15. The molecule has 0 atom stereocenters. The summed E-state index contributed by atoms with van der Waals surface area (Å²) < 4.78 is 0. The van der Waals surface area contributed by atoms with Gasteiger partial charge in [0.05, 0.1) is 0 Å². The standard InChI is InChI=1S/C14H20/c1-12(2)13(3,4)14(12,5)11-9-7-6-8-10-11/h6-10H,1-5H3. The molecule has 0 aromatic heterocycles. The summed E-state index contributed by atoms with van der Waals surface area (Å²) in [7, 11) is 0. The van der Waals surface area contributed by atoms with Crippen molar-refractivity contribution in [3.05, 3.63) is 35.9 Å². The Hall–Kier alpha value is -0.780. The predicted octanol–water partition coefficient (Wildman–Crippen LogP) is 4.01. The smallest absolute Gasteiger partial charge is 0.00377 e. The Morgan fingerprint density at radius 1 is 0.714 bits per heavy atom. The molecule has 1 fully saturated rings. The van der Waals surface area contributed by atoms with Crippen LogP contribution < -0.4 is 0 Å². The molecule has 0 aliphatic heterocycles. The largest absolute Gasteiger partial charge is 0.0622 e. The van der Waals surface area contributed by atoms with Crippen molar-refractivity contribution in [2.24, 2.45) is 10.8 Å². The van der Waals surface area contributed by atoms with Crippen LogP contribution in [0.2, 0.25) is 0 Å². The van der Waals surface area contributed by atoms with Crippen LogP contribution in [0.5, 0.6) is 0 Å². The average Bonchev–Trinajstić information content (AvgIpc) is 2.47. The third-order valence-electron chi connectivity index (χ3n) is 5.35. The first kappa shape index (κ1) is 9.76. The van der Waals surface area contributed by atoms with Crippen LogP contribution in [-0.4, -0.2) is 0 Å². The van der Waals surface area contributed by atoms with E-state index in [0.717, 1.165) is 0 Å². The summed E-state index contributed by atoms with van der Waals surface area (Å²) in [6, 6.07) is 10.9. The van der Waals surface area contributed by atoms with Crippen molar-refractivity contribution in [1.82, 2.24) is 0 Å². The lowest BCUT2D eigenvalue weighted by molar-refractivity contribution is 0.457. The second kappa shape index (κ2) is 2.42. The molecule has 1 aromatic rings. The highest BCUT2D eigenvalue weighted by atomic mass is 14.8. The van der Waals surface area contributed by atoms with E-state index in [2.05, 4.69) is 65.0 Å². The summed E-state index contributed by atoms with van der Waals surface area (Å²) in [6.45, 7) is 11.9. The van der Waals surface area contributed by atoms with Gasteiger partial charge in [0.1, 0.15) is 0 Å². The summed E-state index contributed by atoms with van der Waals surface area (Å²) in [4.78, 5) is 0. The van der Waals surface area contributed by atoms with E-state index < -0.39 is 0 Å². The second-order valence-corrected chi connectivity index (χ2v) is 5.74. The van der Waals surface area contributed by atoms with E-state index >= 15 is 0 Å².